The van der Waals surface area contributed by atoms with Gasteiger partial charge in [-0.05, 0) is 58.4 Å². The highest BCUT2D eigenvalue weighted by molar-refractivity contribution is 7.93. The molecule has 3 atom stereocenters. The van der Waals surface area contributed by atoms with Gasteiger partial charge in [-0.15, -0.1) is 4.36 Å². The highest BCUT2D eigenvalue weighted by Crippen LogP contribution is 2.50. The third-order valence-corrected chi connectivity index (χ3v) is 7.60. The van der Waals surface area contributed by atoms with Crippen LogP contribution < -0.4 is 15.0 Å². The van der Waals surface area contributed by atoms with Gasteiger partial charge in [0.15, 0.2) is 11.6 Å². The average Bonchev–Trinajstić information content (AvgIpc) is 3.19. The molecule has 0 spiro atoms. The molecule has 2 amide bonds. The molecule has 0 bridgehead atoms. The number of hydrogen-bond acceptors (Lipinski definition) is 7. The van der Waals surface area contributed by atoms with Crippen LogP contribution in [0.25, 0.3) is 0 Å². The molecule has 3 rings (SSSR count). The molecule has 1 N–H and O–H groups in total. The average molecular weight is 629 g/mol. The smallest absolute Gasteiger partial charge is 0.442 e. The zero-order chi connectivity index (χ0) is 31.8. The van der Waals surface area contributed by atoms with Gasteiger partial charge in [-0.1, -0.05) is 0 Å². The number of aromatic nitrogens is 1. The number of nitrogens with zero attached hydrogens (tertiary/aromatic N) is 3. The maximum atomic E-state index is 14.5. The van der Waals surface area contributed by atoms with E-state index >= 15 is 0 Å². The first kappa shape index (κ1) is 32.9. The van der Waals surface area contributed by atoms with Crippen LogP contribution in [0.3, 0.4) is 0 Å². The number of ether oxygens (including phenoxy) is 2. The predicted octanol–water partition coefficient (Wildman–Crippen LogP) is 6.14. The number of alkyl halides is 5. The third-order valence-electron chi connectivity index (χ3n) is 6.10. The second kappa shape index (κ2) is 11.6. The fourth-order valence-corrected chi connectivity index (χ4v) is 5.14. The molecule has 2 aromatic rings. The van der Waals surface area contributed by atoms with E-state index in [4.69, 9.17) is 4.74 Å². The molecule has 9 nitrogen and oxygen atoms in total. The molecule has 42 heavy (non-hydrogen) atoms. The minimum atomic E-state index is -4.89. The van der Waals surface area contributed by atoms with Crippen molar-refractivity contribution in [1.82, 2.24) is 4.98 Å². The van der Waals surface area contributed by atoms with Gasteiger partial charge in [0.2, 0.25) is 11.7 Å². The molecule has 232 valence electrons. The first-order valence-electron chi connectivity index (χ1n) is 12.1. The number of hydrogen-bond donors (Lipinski definition) is 1. The van der Waals surface area contributed by atoms with Crippen molar-refractivity contribution < 1.29 is 54.0 Å². The van der Waals surface area contributed by atoms with Crippen LogP contribution in [0.15, 0.2) is 39.9 Å². The molecule has 1 saturated heterocycles. The Bertz CT molecular complexity index is 1490. The molecule has 2 heterocycles. The number of nitrogens with one attached hydrogen (secondary N) is 1. The lowest BCUT2D eigenvalue weighted by Gasteiger charge is -2.29. The van der Waals surface area contributed by atoms with Crippen molar-refractivity contribution in [3.05, 3.63) is 42.1 Å². The van der Waals surface area contributed by atoms with Crippen LogP contribution in [-0.4, -0.2) is 58.4 Å². The van der Waals surface area contributed by atoms with Crippen LogP contribution in [0.4, 0.5) is 46.9 Å². The Morgan fingerprint density at radius 2 is 1.83 bits per heavy atom. The van der Waals surface area contributed by atoms with Gasteiger partial charge in [0.25, 0.3) is 0 Å². The van der Waals surface area contributed by atoms with E-state index in [1.807, 2.05) is 0 Å². The molecule has 1 fully saturated rings. The number of halogens is 7. The van der Waals surface area contributed by atoms with Crippen molar-refractivity contribution in [2.24, 2.45) is 9.78 Å². The summed E-state index contributed by atoms with van der Waals surface area (Å²) >= 11 is 0. The number of amides is 2. The first-order valence-corrected chi connectivity index (χ1v) is 14.0. The van der Waals surface area contributed by atoms with Crippen molar-refractivity contribution in [1.29, 1.82) is 0 Å². The summed E-state index contributed by atoms with van der Waals surface area (Å²) in [5.41, 5.74) is -4.33. The van der Waals surface area contributed by atoms with Crippen molar-refractivity contribution >= 4 is 33.1 Å². The number of pyridine rings is 1. The van der Waals surface area contributed by atoms with Gasteiger partial charge in [0.05, 0.1) is 11.1 Å². The molecule has 1 aromatic heterocycles. The summed E-state index contributed by atoms with van der Waals surface area (Å²) in [6.45, 7) is 0.824. The van der Waals surface area contributed by atoms with E-state index in [0.29, 0.717) is 11.0 Å². The number of benzene rings is 1. The van der Waals surface area contributed by atoms with Gasteiger partial charge in [0.1, 0.15) is 26.4 Å². The third kappa shape index (κ3) is 7.41. The normalized spacial score (nSPS) is 20.7. The van der Waals surface area contributed by atoms with E-state index in [0.717, 1.165) is 31.5 Å². The summed E-state index contributed by atoms with van der Waals surface area (Å²) in [6.07, 6.45) is -4.76. The van der Waals surface area contributed by atoms with Gasteiger partial charge in [-0.2, -0.15) is 26.3 Å². The topological polar surface area (TPSA) is 110 Å². The number of rotatable bonds is 6. The van der Waals surface area contributed by atoms with Crippen molar-refractivity contribution in [3.8, 4) is 5.75 Å². The summed E-state index contributed by atoms with van der Waals surface area (Å²) in [7, 11) is -3.51. The quantitative estimate of drug-likeness (QED) is 0.383. The summed E-state index contributed by atoms with van der Waals surface area (Å²) < 4.78 is 122. The number of carbonyl (C=O) groups excluding carboxylic acids is 2. The minimum absolute atomic E-state index is 0.117. The number of anilines is 2. The van der Waals surface area contributed by atoms with Crippen LogP contribution >= 0.6 is 0 Å². The van der Waals surface area contributed by atoms with Gasteiger partial charge < -0.3 is 19.7 Å². The largest absolute Gasteiger partial charge is 0.442 e. The standard InChI is InChI=1S/C25H27F7N4O5S/c1-23(2,3)41-22(38)35-42(5,39)17-10-13(8-9-33-17)34-20(37)16-11-24(4,25(30,31)32)12-36(16)15-7-6-14(26)18(27)19(15)40-21(28)29/h6-10,16,21H,11-12H2,1-5H3,(H,33,34,37)/t16?,24?,42-/m1/s1. The molecular formula is C25H27F7N4O5S. The zero-order valence-electron chi connectivity index (χ0n) is 22.9. The highest BCUT2D eigenvalue weighted by Gasteiger charge is 2.59. The monoisotopic (exact) mass is 628 g/mol. The SMILES string of the molecule is CC(C)(C)OC(=O)N=[S@](C)(=O)c1cc(NC(=O)C2CC(C)(C(F)(F)F)CN2c2ccc(F)c(F)c2OC(F)F)ccn1. The van der Waals surface area contributed by atoms with E-state index in [2.05, 4.69) is 19.4 Å². The molecule has 0 radical (unpaired) electrons. The molecule has 0 saturated carbocycles. The number of carbonyl (C=O) groups is 2. The minimum Gasteiger partial charge on any atom is -0.442 e. The Hall–Kier alpha value is -3.63. The molecule has 2 unspecified atom stereocenters. The fourth-order valence-electron chi connectivity index (χ4n) is 4.12. The lowest BCUT2D eigenvalue weighted by molar-refractivity contribution is -0.210. The van der Waals surface area contributed by atoms with Crippen LogP contribution in [0.5, 0.6) is 5.75 Å². The summed E-state index contributed by atoms with van der Waals surface area (Å²) in [4.78, 5) is 30.0. The molecular weight excluding hydrogens is 601 g/mol. The maximum absolute atomic E-state index is 14.5. The van der Waals surface area contributed by atoms with E-state index in [-0.39, 0.29) is 10.7 Å². The maximum Gasteiger partial charge on any atom is 0.442 e. The Labute approximate surface area is 236 Å². The summed E-state index contributed by atoms with van der Waals surface area (Å²) in [5.74, 6) is -5.94. The van der Waals surface area contributed by atoms with Crippen molar-refractivity contribution in [3.63, 3.8) is 0 Å². The molecule has 0 aliphatic carbocycles. The zero-order valence-corrected chi connectivity index (χ0v) is 23.7. The van der Waals surface area contributed by atoms with Gasteiger partial charge in [-0.3, -0.25) is 4.79 Å². The molecule has 1 aliphatic heterocycles. The van der Waals surface area contributed by atoms with Crippen LogP contribution in [0, 0.1) is 17.0 Å². The lowest BCUT2D eigenvalue weighted by atomic mass is 9.87. The van der Waals surface area contributed by atoms with E-state index in [1.54, 1.807) is 20.8 Å². The van der Waals surface area contributed by atoms with Crippen LogP contribution in [-0.2, 0) is 19.3 Å². The van der Waals surface area contributed by atoms with E-state index in [1.165, 1.54) is 6.07 Å². The Kier molecular flexibility index (Phi) is 9.06. The second-order valence-corrected chi connectivity index (χ2v) is 12.9. The van der Waals surface area contributed by atoms with Crippen LogP contribution in [0.2, 0.25) is 0 Å². The predicted molar refractivity (Wildman–Crippen MR) is 137 cm³/mol. The Morgan fingerprint density at radius 1 is 1.19 bits per heavy atom. The van der Waals surface area contributed by atoms with Crippen LogP contribution in [0.1, 0.15) is 34.1 Å². The summed E-state index contributed by atoms with van der Waals surface area (Å²) in [5, 5.41) is 2.06. The Balaban J connectivity index is 2.00. The highest BCUT2D eigenvalue weighted by atomic mass is 32.2. The van der Waals surface area contributed by atoms with E-state index < -0.39 is 87.6 Å². The van der Waals surface area contributed by atoms with Gasteiger partial charge >= 0.3 is 18.9 Å². The van der Waals surface area contributed by atoms with Gasteiger partial charge in [-0.25, -0.2) is 18.4 Å². The lowest BCUT2D eigenvalue weighted by Crippen LogP contribution is -2.40. The molecule has 1 aliphatic rings. The fraction of sp³-hybridized carbons (Fsp3) is 0.480. The molecule has 17 heteroatoms. The van der Waals surface area contributed by atoms with Gasteiger partial charge in [0, 0.05) is 24.7 Å². The first-order chi connectivity index (χ1) is 19.1. The molecule has 1 aromatic carbocycles. The van der Waals surface area contributed by atoms with Crippen molar-refractivity contribution in [2.45, 2.75) is 63.6 Å². The van der Waals surface area contributed by atoms with Crippen molar-refractivity contribution in [2.75, 3.05) is 23.0 Å². The van der Waals surface area contributed by atoms with E-state index in [9.17, 15) is 44.5 Å². The summed E-state index contributed by atoms with van der Waals surface area (Å²) in [6, 6.07) is 1.76. The Morgan fingerprint density at radius 3 is 2.40 bits per heavy atom. The second-order valence-electron chi connectivity index (χ2n) is 10.7.